The normalized spacial score (nSPS) is 22.4. The summed E-state index contributed by atoms with van der Waals surface area (Å²) >= 11 is 0. The molecule has 4 aliphatic heterocycles. The van der Waals surface area contributed by atoms with E-state index in [-0.39, 0.29) is 63.2 Å². The number of hydrogen-bond acceptors (Lipinski definition) is 9. The zero-order valence-electron chi connectivity index (χ0n) is 28.9. The highest BCUT2D eigenvalue weighted by molar-refractivity contribution is 6.03. The summed E-state index contributed by atoms with van der Waals surface area (Å²) in [6, 6.07) is 5.92. The molecule has 4 aliphatic rings. The number of phenols is 1. The van der Waals surface area contributed by atoms with Crippen LogP contribution >= 0.6 is 0 Å². The minimum atomic E-state index is -0.725. The van der Waals surface area contributed by atoms with Gasteiger partial charge in [-0.3, -0.25) is 9.88 Å². The van der Waals surface area contributed by atoms with Crippen LogP contribution in [0.3, 0.4) is 0 Å². The van der Waals surface area contributed by atoms with E-state index in [0.717, 1.165) is 70.9 Å². The smallest absolute Gasteiger partial charge is 0.319 e. The zero-order valence-corrected chi connectivity index (χ0v) is 28.9. The highest BCUT2D eigenvalue weighted by Crippen LogP contribution is 2.42. The van der Waals surface area contributed by atoms with E-state index in [1.54, 1.807) is 6.20 Å². The molecule has 4 saturated heterocycles. The first kappa shape index (κ1) is 34.3. The van der Waals surface area contributed by atoms with E-state index in [4.69, 9.17) is 16.1 Å². The summed E-state index contributed by atoms with van der Waals surface area (Å²) in [5.74, 6) is 1.50. The maximum Gasteiger partial charge on any atom is 0.319 e. The largest absolute Gasteiger partial charge is 0.508 e. The SMILES string of the molecule is C#Cc1c(F)ccc2cc(O)cc(-c3ncc4c(N5CC6CCC(CCCCO)(C5)N6)nc(OCC56CCCN5CCC6)nc4c3F)c12.CC. The van der Waals surface area contributed by atoms with Gasteiger partial charge in [0.2, 0.25) is 0 Å². The molecule has 11 heteroatoms. The number of ether oxygens (including phenoxy) is 1. The van der Waals surface area contributed by atoms with Crippen LogP contribution in [0.25, 0.3) is 32.9 Å². The number of aromatic nitrogens is 3. The number of pyridine rings is 1. The van der Waals surface area contributed by atoms with Crippen molar-refractivity contribution in [1.29, 1.82) is 0 Å². The number of unbranched alkanes of at least 4 members (excludes halogenated alkanes) is 1. The number of anilines is 1. The van der Waals surface area contributed by atoms with E-state index in [2.05, 4.69) is 31.0 Å². The number of nitrogens with one attached hydrogen (secondary N) is 1. The molecule has 6 heterocycles. The minimum absolute atomic E-state index is 0.0316. The fraction of sp³-hybridized carbons (Fsp3) is 0.513. The molecule has 0 spiro atoms. The van der Waals surface area contributed by atoms with Crippen molar-refractivity contribution in [1.82, 2.24) is 25.2 Å². The van der Waals surface area contributed by atoms with E-state index in [0.29, 0.717) is 36.3 Å². The van der Waals surface area contributed by atoms with Crippen molar-refractivity contribution in [2.45, 2.75) is 88.8 Å². The molecule has 0 aliphatic carbocycles. The Morgan fingerprint density at radius 3 is 2.66 bits per heavy atom. The molecule has 2 aromatic carbocycles. The first-order valence-corrected chi connectivity index (χ1v) is 18.1. The minimum Gasteiger partial charge on any atom is -0.508 e. The number of nitrogens with zero attached hydrogens (tertiary/aromatic N) is 5. The van der Waals surface area contributed by atoms with Crippen molar-refractivity contribution < 1.29 is 23.7 Å². The van der Waals surface area contributed by atoms with Gasteiger partial charge in [0.25, 0.3) is 0 Å². The molecule has 264 valence electrons. The molecule has 2 atom stereocenters. The number of rotatable bonds is 9. The molecular formula is C39H46F2N6O3. The number of benzene rings is 2. The van der Waals surface area contributed by atoms with Crippen LogP contribution in [0.15, 0.2) is 30.5 Å². The molecule has 0 amide bonds. The van der Waals surface area contributed by atoms with Crippen molar-refractivity contribution in [2.75, 3.05) is 44.3 Å². The van der Waals surface area contributed by atoms with E-state index < -0.39 is 11.6 Å². The van der Waals surface area contributed by atoms with Gasteiger partial charge in [0, 0.05) is 48.4 Å². The summed E-state index contributed by atoms with van der Waals surface area (Å²) in [5, 5.41) is 25.1. The van der Waals surface area contributed by atoms with Gasteiger partial charge in [-0.05, 0) is 94.5 Å². The van der Waals surface area contributed by atoms with Crippen LogP contribution < -0.4 is 15.0 Å². The van der Waals surface area contributed by atoms with Gasteiger partial charge in [-0.15, -0.1) is 6.42 Å². The Kier molecular flexibility index (Phi) is 9.54. The predicted molar refractivity (Wildman–Crippen MR) is 191 cm³/mol. The second-order valence-corrected chi connectivity index (χ2v) is 14.1. The Morgan fingerprint density at radius 1 is 1.10 bits per heavy atom. The van der Waals surface area contributed by atoms with Crippen LogP contribution in [0.4, 0.5) is 14.6 Å². The Labute approximate surface area is 292 Å². The van der Waals surface area contributed by atoms with E-state index in [1.165, 1.54) is 24.3 Å². The summed E-state index contributed by atoms with van der Waals surface area (Å²) in [6.07, 6.45) is 16.2. The number of fused-ring (bicyclic) bond motifs is 5. The van der Waals surface area contributed by atoms with Gasteiger partial charge in [-0.25, -0.2) is 8.78 Å². The average Bonchev–Trinajstić information content (AvgIpc) is 3.80. The van der Waals surface area contributed by atoms with E-state index >= 15 is 4.39 Å². The second-order valence-electron chi connectivity index (χ2n) is 14.1. The van der Waals surface area contributed by atoms with Crippen LogP contribution in [0.5, 0.6) is 11.8 Å². The molecule has 3 N–H and O–H groups in total. The fourth-order valence-electron chi connectivity index (χ4n) is 8.93. The van der Waals surface area contributed by atoms with Gasteiger partial charge >= 0.3 is 6.01 Å². The summed E-state index contributed by atoms with van der Waals surface area (Å²) in [4.78, 5) is 18.9. The number of phenolic OH excluding ortho intramolecular Hbond substituents is 1. The summed E-state index contributed by atoms with van der Waals surface area (Å²) in [7, 11) is 0. The van der Waals surface area contributed by atoms with Gasteiger partial charge in [-0.2, -0.15) is 9.97 Å². The molecule has 9 nitrogen and oxygen atoms in total. The topological polar surface area (TPSA) is 107 Å². The van der Waals surface area contributed by atoms with Crippen LogP contribution in [0.1, 0.15) is 77.2 Å². The van der Waals surface area contributed by atoms with Crippen molar-refractivity contribution in [3.63, 3.8) is 0 Å². The van der Waals surface area contributed by atoms with Gasteiger partial charge in [0.15, 0.2) is 5.82 Å². The predicted octanol–water partition coefficient (Wildman–Crippen LogP) is 6.32. The number of hydrogen-bond donors (Lipinski definition) is 3. The monoisotopic (exact) mass is 684 g/mol. The number of halogens is 2. The third-order valence-corrected chi connectivity index (χ3v) is 11.2. The van der Waals surface area contributed by atoms with Crippen LogP contribution in [-0.2, 0) is 0 Å². The van der Waals surface area contributed by atoms with Crippen molar-refractivity contribution >= 4 is 27.5 Å². The van der Waals surface area contributed by atoms with Crippen molar-refractivity contribution in [3.8, 4) is 35.4 Å². The lowest BCUT2D eigenvalue weighted by atomic mass is 9.90. The molecule has 2 aromatic heterocycles. The first-order valence-electron chi connectivity index (χ1n) is 18.1. The Morgan fingerprint density at radius 2 is 1.90 bits per heavy atom. The third kappa shape index (κ3) is 6.01. The number of aromatic hydroxyl groups is 1. The number of piperazine rings is 1. The zero-order chi connectivity index (χ0) is 35.0. The maximum atomic E-state index is 17.0. The highest BCUT2D eigenvalue weighted by atomic mass is 19.1. The quantitative estimate of drug-likeness (QED) is 0.138. The molecule has 2 bridgehead atoms. The molecule has 8 rings (SSSR count). The van der Waals surface area contributed by atoms with Crippen LogP contribution in [0.2, 0.25) is 0 Å². The Balaban J connectivity index is 0.00000193. The molecule has 0 radical (unpaired) electrons. The maximum absolute atomic E-state index is 17.0. The summed E-state index contributed by atoms with van der Waals surface area (Å²) in [6.45, 7) is 8.05. The Bertz CT molecular complexity index is 1940. The number of terminal acetylenes is 1. The summed E-state index contributed by atoms with van der Waals surface area (Å²) < 4.78 is 38.3. The molecule has 4 aromatic rings. The summed E-state index contributed by atoms with van der Waals surface area (Å²) in [5.41, 5.74) is -0.0987. The highest BCUT2D eigenvalue weighted by Gasteiger charge is 2.46. The molecule has 0 saturated carbocycles. The number of aliphatic hydroxyl groups is 1. The molecule has 50 heavy (non-hydrogen) atoms. The first-order chi connectivity index (χ1) is 24.3. The molecule has 2 unspecified atom stereocenters. The lowest BCUT2D eigenvalue weighted by Crippen LogP contribution is -2.59. The van der Waals surface area contributed by atoms with E-state index in [1.807, 2.05) is 13.8 Å². The average molecular weight is 685 g/mol. The van der Waals surface area contributed by atoms with Gasteiger partial charge in [0.1, 0.15) is 35.2 Å². The van der Waals surface area contributed by atoms with Gasteiger partial charge in [-0.1, -0.05) is 25.8 Å². The number of aliphatic hydroxyl groups excluding tert-OH is 1. The lowest BCUT2D eigenvalue weighted by molar-refractivity contribution is 0.108. The van der Waals surface area contributed by atoms with Crippen molar-refractivity contribution in [3.05, 3.63) is 47.7 Å². The van der Waals surface area contributed by atoms with Gasteiger partial charge in [0.05, 0.1) is 16.5 Å². The Hall–Kier alpha value is -4.11. The standard InChI is InChI=1S/C37H40F2N6O3.C2H6/c1-2-26-29(38)8-7-23-17-25(47)18-27(30(23)26)32-31(39)33-28(19-40-32)34(44-20-24-9-13-36(21-44,43-24)10-3-4-16-46)42-35(41-33)48-22-37-11-5-14-45(37)15-6-12-37;1-2/h1,7-8,17-19,24,43,46-47H,3-6,9-16,20-22H2;1-2H3. The van der Waals surface area contributed by atoms with Crippen LogP contribution in [-0.4, -0.2) is 86.6 Å². The molecule has 4 fully saturated rings. The second kappa shape index (κ2) is 13.9. The fourth-order valence-corrected chi connectivity index (χ4v) is 8.93. The van der Waals surface area contributed by atoms with Crippen LogP contribution in [0, 0.1) is 24.0 Å². The molecular weight excluding hydrogens is 638 g/mol. The third-order valence-electron chi connectivity index (χ3n) is 11.2. The van der Waals surface area contributed by atoms with E-state index in [9.17, 15) is 14.6 Å². The van der Waals surface area contributed by atoms with Crippen molar-refractivity contribution in [2.24, 2.45) is 0 Å². The lowest BCUT2D eigenvalue weighted by Gasteiger charge is -2.42. The van der Waals surface area contributed by atoms with Gasteiger partial charge < -0.3 is 25.2 Å².